The Balaban J connectivity index is 2.36. The van der Waals surface area contributed by atoms with Crippen molar-refractivity contribution in [2.75, 3.05) is 19.9 Å². The maximum absolute atomic E-state index is 11.7. The smallest absolute Gasteiger partial charge is 0.273 e. The van der Waals surface area contributed by atoms with Gasteiger partial charge in [0.1, 0.15) is 5.75 Å². The number of nitrogen functional groups attached to an aromatic ring is 1. The normalized spacial score (nSPS) is 9.90. The molecule has 0 aliphatic carbocycles. The van der Waals surface area contributed by atoms with Crippen LogP contribution in [0.1, 0.15) is 10.5 Å². The number of anilines is 1. The van der Waals surface area contributed by atoms with Gasteiger partial charge in [-0.15, -0.1) is 0 Å². The first-order valence-corrected chi connectivity index (χ1v) is 5.94. The van der Waals surface area contributed by atoms with Crippen LogP contribution in [-0.4, -0.2) is 25.0 Å². The molecule has 20 heavy (non-hydrogen) atoms. The van der Waals surface area contributed by atoms with E-state index in [0.717, 1.165) is 0 Å². The minimum atomic E-state index is -0.343. The molecule has 1 amide bonds. The van der Waals surface area contributed by atoms with Crippen LogP contribution in [0.4, 0.5) is 5.69 Å². The Morgan fingerprint density at radius 2 is 1.95 bits per heavy atom. The van der Waals surface area contributed by atoms with Crippen LogP contribution in [0.2, 0.25) is 0 Å². The van der Waals surface area contributed by atoms with Crippen LogP contribution in [0.3, 0.4) is 0 Å². The number of benzene rings is 1. The number of rotatable bonds is 4. The molecule has 0 aliphatic heterocycles. The van der Waals surface area contributed by atoms with Gasteiger partial charge in [0.25, 0.3) is 5.91 Å². The molecule has 0 aliphatic rings. The first-order chi connectivity index (χ1) is 9.65. The van der Waals surface area contributed by atoms with Crippen molar-refractivity contribution < 1.29 is 14.3 Å². The fourth-order valence-corrected chi connectivity index (χ4v) is 1.65. The summed E-state index contributed by atoms with van der Waals surface area (Å²) in [6, 6.07) is 8.54. The van der Waals surface area contributed by atoms with E-state index in [1.165, 1.54) is 20.4 Å². The van der Waals surface area contributed by atoms with Gasteiger partial charge < -0.3 is 20.5 Å². The zero-order valence-corrected chi connectivity index (χ0v) is 11.2. The highest BCUT2D eigenvalue weighted by atomic mass is 16.5. The molecule has 0 radical (unpaired) electrons. The second-order valence-electron chi connectivity index (χ2n) is 3.94. The molecule has 6 nitrogen and oxygen atoms in total. The quantitative estimate of drug-likeness (QED) is 0.830. The molecule has 6 heteroatoms. The van der Waals surface area contributed by atoms with E-state index in [2.05, 4.69) is 10.3 Å². The summed E-state index contributed by atoms with van der Waals surface area (Å²) in [7, 11) is 2.98. The lowest BCUT2D eigenvalue weighted by Gasteiger charge is -2.12. The summed E-state index contributed by atoms with van der Waals surface area (Å²) in [5.74, 6) is 0.936. The molecular weight excluding hydrogens is 258 g/mol. The number of hydrogen-bond acceptors (Lipinski definition) is 5. The van der Waals surface area contributed by atoms with Crippen LogP contribution in [-0.2, 0) is 0 Å². The topological polar surface area (TPSA) is 86.5 Å². The van der Waals surface area contributed by atoms with Crippen molar-refractivity contribution in [3.8, 4) is 17.2 Å². The van der Waals surface area contributed by atoms with E-state index >= 15 is 0 Å². The third-order valence-corrected chi connectivity index (χ3v) is 2.62. The summed E-state index contributed by atoms with van der Waals surface area (Å²) in [4.78, 5) is 15.7. The van der Waals surface area contributed by atoms with Crippen molar-refractivity contribution in [3.63, 3.8) is 0 Å². The lowest BCUT2D eigenvalue weighted by molar-refractivity contribution is 0.0954. The van der Waals surface area contributed by atoms with Crippen molar-refractivity contribution in [3.05, 3.63) is 42.2 Å². The largest absolute Gasteiger partial charge is 0.491 e. The predicted octanol–water partition coefficient (Wildman–Crippen LogP) is 1.82. The molecule has 1 aromatic heterocycles. The Hall–Kier alpha value is -2.76. The van der Waals surface area contributed by atoms with E-state index in [-0.39, 0.29) is 17.4 Å². The third-order valence-electron chi connectivity index (χ3n) is 2.62. The van der Waals surface area contributed by atoms with E-state index in [4.69, 9.17) is 15.2 Å². The van der Waals surface area contributed by atoms with Crippen LogP contribution >= 0.6 is 0 Å². The van der Waals surface area contributed by atoms with Crippen LogP contribution in [0, 0.1) is 0 Å². The van der Waals surface area contributed by atoms with Gasteiger partial charge in [0.15, 0.2) is 17.2 Å². The minimum absolute atomic E-state index is 0.169. The average molecular weight is 273 g/mol. The van der Waals surface area contributed by atoms with Crippen molar-refractivity contribution in [1.82, 2.24) is 10.3 Å². The fraction of sp³-hybridized carbons (Fsp3) is 0.143. The molecule has 2 aromatic rings. The zero-order valence-electron chi connectivity index (χ0n) is 11.2. The van der Waals surface area contributed by atoms with Crippen LogP contribution in [0.25, 0.3) is 0 Å². The third kappa shape index (κ3) is 2.80. The monoisotopic (exact) mass is 273 g/mol. The number of pyridine rings is 1. The Kier molecular flexibility index (Phi) is 4.05. The molecule has 104 valence electrons. The first-order valence-electron chi connectivity index (χ1n) is 5.94. The number of nitrogens with zero attached hydrogens (tertiary/aromatic N) is 1. The average Bonchev–Trinajstić information content (AvgIpc) is 2.48. The van der Waals surface area contributed by atoms with Crippen LogP contribution in [0.5, 0.6) is 17.2 Å². The summed E-state index contributed by atoms with van der Waals surface area (Å²) >= 11 is 0. The summed E-state index contributed by atoms with van der Waals surface area (Å²) in [5.41, 5.74) is 6.43. The summed E-state index contributed by atoms with van der Waals surface area (Å²) in [6.07, 6.45) is 1.49. The number of nitrogens with two attached hydrogens (primary N) is 1. The number of carbonyl (C=O) groups is 1. The Bertz CT molecular complexity index is 612. The van der Waals surface area contributed by atoms with Crippen LogP contribution < -0.4 is 20.5 Å². The van der Waals surface area contributed by atoms with E-state index in [1.54, 1.807) is 30.3 Å². The standard InChI is InChI=1S/C14H15N3O3/c1-16-14(18)12-13(19-2)11(7-8-17-12)20-10-5-3-9(15)4-6-10/h3-8H,15H2,1-2H3,(H,16,18). The van der Waals surface area contributed by atoms with Gasteiger partial charge in [0.2, 0.25) is 0 Å². The second kappa shape index (κ2) is 5.92. The SMILES string of the molecule is CNC(=O)c1nccc(Oc2ccc(N)cc2)c1OC. The Morgan fingerprint density at radius 1 is 1.25 bits per heavy atom. The maximum Gasteiger partial charge on any atom is 0.273 e. The molecule has 0 unspecified atom stereocenters. The predicted molar refractivity (Wildman–Crippen MR) is 75.1 cm³/mol. The fourth-order valence-electron chi connectivity index (χ4n) is 1.65. The van der Waals surface area contributed by atoms with Gasteiger partial charge >= 0.3 is 0 Å². The highest BCUT2D eigenvalue weighted by molar-refractivity contribution is 5.95. The highest BCUT2D eigenvalue weighted by Crippen LogP contribution is 2.33. The molecule has 3 N–H and O–H groups in total. The molecule has 1 heterocycles. The molecule has 0 saturated heterocycles. The van der Waals surface area contributed by atoms with Crippen molar-refractivity contribution in [2.24, 2.45) is 0 Å². The van der Waals surface area contributed by atoms with Gasteiger partial charge in [-0.05, 0) is 24.3 Å². The van der Waals surface area contributed by atoms with Crippen molar-refractivity contribution in [1.29, 1.82) is 0 Å². The van der Waals surface area contributed by atoms with Gasteiger partial charge in [0, 0.05) is 25.0 Å². The number of hydrogen-bond donors (Lipinski definition) is 2. The number of nitrogens with one attached hydrogen (secondary N) is 1. The van der Waals surface area contributed by atoms with Crippen molar-refractivity contribution >= 4 is 11.6 Å². The van der Waals surface area contributed by atoms with E-state index < -0.39 is 0 Å². The van der Waals surface area contributed by atoms with E-state index in [1.807, 2.05) is 0 Å². The van der Waals surface area contributed by atoms with Crippen LogP contribution in [0.15, 0.2) is 36.5 Å². The number of carbonyl (C=O) groups excluding carboxylic acids is 1. The molecule has 0 atom stereocenters. The number of amides is 1. The first kappa shape index (κ1) is 13.7. The Labute approximate surface area is 116 Å². The molecule has 2 rings (SSSR count). The molecule has 0 fully saturated rings. The number of aromatic nitrogens is 1. The summed E-state index contributed by atoms with van der Waals surface area (Å²) < 4.78 is 10.9. The molecule has 1 aromatic carbocycles. The molecule has 0 spiro atoms. The lowest BCUT2D eigenvalue weighted by Crippen LogP contribution is -2.20. The van der Waals surface area contributed by atoms with E-state index in [9.17, 15) is 4.79 Å². The molecular formula is C14H15N3O3. The van der Waals surface area contributed by atoms with E-state index in [0.29, 0.717) is 17.2 Å². The van der Waals surface area contributed by atoms with Gasteiger partial charge in [-0.2, -0.15) is 0 Å². The second-order valence-corrected chi connectivity index (χ2v) is 3.94. The van der Waals surface area contributed by atoms with Gasteiger partial charge in [0.05, 0.1) is 7.11 Å². The Morgan fingerprint density at radius 3 is 2.55 bits per heavy atom. The minimum Gasteiger partial charge on any atom is -0.491 e. The summed E-state index contributed by atoms with van der Waals surface area (Å²) in [6.45, 7) is 0. The maximum atomic E-state index is 11.7. The van der Waals surface area contributed by atoms with Gasteiger partial charge in [-0.3, -0.25) is 4.79 Å². The zero-order chi connectivity index (χ0) is 14.5. The van der Waals surface area contributed by atoms with Crippen molar-refractivity contribution in [2.45, 2.75) is 0 Å². The lowest BCUT2D eigenvalue weighted by atomic mass is 10.2. The molecule has 0 saturated carbocycles. The molecule has 0 bridgehead atoms. The van der Waals surface area contributed by atoms with Gasteiger partial charge in [-0.1, -0.05) is 0 Å². The number of ether oxygens (including phenoxy) is 2. The van der Waals surface area contributed by atoms with Gasteiger partial charge in [-0.25, -0.2) is 4.98 Å². The number of methoxy groups -OCH3 is 1. The summed E-state index contributed by atoms with van der Waals surface area (Å²) in [5, 5.41) is 2.50. The highest BCUT2D eigenvalue weighted by Gasteiger charge is 2.17.